The molecule has 0 atom stereocenters. The first-order valence-electron chi connectivity index (χ1n) is 10.6. The highest BCUT2D eigenvalue weighted by Gasteiger charge is 2.36. The molecule has 1 aliphatic rings. The molecule has 0 spiro atoms. The molecule has 5 rings (SSSR count). The maximum Gasteiger partial charge on any atom is 0.296 e. The van der Waals surface area contributed by atoms with E-state index in [0.29, 0.717) is 17.2 Å². The summed E-state index contributed by atoms with van der Waals surface area (Å²) in [5.41, 5.74) is 5.96. The van der Waals surface area contributed by atoms with Gasteiger partial charge in [0.1, 0.15) is 16.4 Å². The fourth-order valence-electron chi connectivity index (χ4n) is 4.01. The minimum Gasteiger partial charge on any atom is -0.457 e. The van der Waals surface area contributed by atoms with Crippen LogP contribution in [0.5, 0.6) is 11.5 Å². The Balaban J connectivity index is 1.56. The number of fused-ring (bicyclic) bond motifs is 2. The number of nitrogen functional groups attached to an aromatic ring is 1. The first-order valence-corrected chi connectivity index (χ1v) is 12.8. The van der Waals surface area contributed by atoms with Gasteiger partial charge in [-0.15, -0.1) is 0 Å². The predicted octanol–water partition coefficient (Wildman–Crippen LogP) is 5.59. The number of nitrogens with one attached hydrogen (secondary N) is 1. The molecule has 4 aromatic carbocycles. The summed E-state index contributed by atoms with van der Waals surface area (Å²) in [5, 5.41) is 2.99. The molecule has 0 heterocycles. The Morgan fingerprint density at radius 2 is 1.33 bits per heavy atom. The van der Waals surface area contributed by atoms with Gasteiger partial charge in [-0.25, -0.2) is 0 Å². The van der Waals surface area contributed by atoms with E-state index in [0.717, 1.165) is 10.5 Å². The molecule has 0 amide bonds. The van der Waals surface area contributed by atoms with Gasteiger partial charge < -0.3 is 15.8 Å². The predicted molar refractivity (Wildman–Crippen MR) is 138 cm³/mol. The second kappa shape index (κ2) is 8.90. The Labute approximate surface area is 214 Å². The van der Waals surface area contributed by atoms with Crippen LogP contribution in [0, 0.1) is 0 Å². The number of ketones is 2. The summed E-state index contributed by atoms with van der Waals surface area (Å²) in [5.74, 6) is 0.0732. The zero-order chi connectivity index (χ0) is 25.6. The van der Waals surface area contributed by atoms with E-state index in [4.69, 9.17) is 10.5 Å². The zero-order valence-electron chi connectivity index (χ0n) is 18.4. The highest BCUT2D eigenvalue weighted by Crippen LogP contribution is 2.40. The van der Waals surface area contributed by atoms with Crippen LogP contribution in [0.3, 0.4) is 0 Å². The van der Waals surface area contributed by atoms with Gasteiger partial charge in [-0.05, 0) is 54.6 Å². The number of benzene rings is 4. The van der Waals surface area contributed by atoms with Crippen molar-refractivity contribution in [1.29, 1.82) is 0 Å². The lowest BCUT2D eigenvalue weighted by molar-refractivity contribution is 0.0980. The van der Waals surface area contributed by atoms with Crippen molar-refractivity contribution in [3.63, 3.8) is 0 Å². The molecule has 0 bridgehead atoms. The van der Waals surface area contributed by atoms with Gasteiger partial charge in [0.2, 0.25) is 0 Å². The highest BCUT2D eigenvalue weighted by molar-refractivity contribution is 9.10. The van der Waals surface area contributed by atoms with Crippen molar-refractivity contribution >= 4 is 54.7 Å². The second-order valence-corrected chi connectivity index (χ2v) is 10.3. The number of rotatable bonds is 5. The van der Waals surface area contributed by atoms with Crippen LogP contribution in [-0.2, 0) is 10.1 Å². The van der Waals surface area contributed by atoms with Crippen molar-refractivity contribution in [1.82, 2.24) is 0 Å². The standard InChI is InChI=1S/C26H17BrN2O6S/c27-14-5-9-16(10-6-14)35-17-11-7-15(8-12-17)29-20-13-21(36(32,33)34)24(28)23-22(20)25(30)18-3-1-2-4-19(18)26(23)31/h1-13,29H,28H2,(H,32,33,34). The Morgan fingerprint density at radius 1 is 0.806 bits per heavy atom. The summed E-state index contributed by atoms with van der Waals surface area (Å²) in [6, 6.07) is 21.2. The Bertz CT molecular complexity index is 1650. The molecule has 4 aromatic rings. The quantitative estimate of drug-likeness (QED) is 0.185. The number of hydrogen-bond donors (Lipinski definition) is 3. The van der Waals surface area contributed by atoms with Crippen LogP contribution in [0.4, 0.5) is 17.1 Å². The van der Waals surface area contributed by atoms with Crippen LogP contribution < -0.4 is 15.8 Å². The fraction of sp³-hybridized carbons (Fsp3) is 0. The number of ether oxygens (including phenoxy) is 1. The Hall–Kier alpha value is -3.99. The van der Waals surface area contributed by atoms with Gasteiger partial charge in [-0.1, -0.05) is 40.2 Å². The molecular formula is C26H17BrN2O6S. The summed E-state index contributed by atoms with van der Waals surface area (Å²) >= 11 is 3.37. The third-order valence-electron chi connectivity index (χ3n) is 5.66. The van der Waals surface area contributed by atoms with Crippen molar-refractivity contribution in [2.45, 2.75) is 4.90 Å². The van der Waals surface area contributed by atoms with Gasteiger partial charge in [0.15, 0.2) is 11.6 Å². The molecule has 0 saturated carbocycles. The lowest BCUT2D eigenvalue weighted by Crippen LogP contribution is -2.25. The first-order chi connectivity index (χ1) is 17.1. The van der Waals surface area contributed by atoms with E-state index in [9.17, 15) is 22.6 Å². The monoisotopic (exact) mass is 564 g/mol. The van der Waals surface area contributed by atoms with Crippen LogP contribution >= 0.6 is 15.9 Å². The average Bonchev–Trinajstić information content (AvgIpc) is 2.85. The van der Waals surface area contributed by atoms with Gasteiger partial charge in [0.05, 0.1) is 22.5 Å². The third-order valence-corrected chi connectivity index (χ3v) is 7.08. The van der Waals surface area contributed by atoms with E-state index in [2.05, 4.69) is 21.2 Å². The van der Waals surface area contributed by atoms with Crippen LogP contribution in [0.2, 0.25) is 0 Å². The molecular weight excluding hydrogens is 548 g/mol. The Morgan fingerprint density at radius 3 is 1.89 bits per heavy atom. The van der Waals surface area contributed by atoms with E-state index < -0.39 is 32.3 Å². The van der Waals surface area contributed by atoms with Crippen LogP contribution in [0.25, 0.3) is 0 Å². The molecule has 0 radical (unpaired) electrons. The number of carbonyl (C=O) groups excluding carboxylic acids is 2. The number of carbonyl (C=O) groups is 2. The lowest BCUT2D eigenvalue weighted by atomic mass is 9.82. The molecule has 0 unspecified atom stereocenters. The second-order valence-electron chi connectivity index (χ2n) is 7.97. The van der Waals surface area contributed by atoms with Crippen molar-refractivity contribution in [2.24, 2.45) is 0 Å². The summed E-state index contributed by atoms with van der Waals surface area (Å²) in [7, 11) is -4.80. The van der Waals surface area contributed by atoms with E-state index in [1.807, 2.05) is 12.1 Å². The molecule has 1 aliphatic carbocycles. The van der Waals surface area contributed by atoms with Gasteiger partial charge in [0.25, 0.3) is 10.1 Å². The highest BCUT2D eigenvalue weighted by atomic mass is 79.9. The average molecular weight is 565 g/mol. The van der Waals surface area contributed by atoms with E-state index in [1.165, 1.54) is 12.1 Å². The molecule has 8 nitrogen and oxygen atoms in total. The molecule has 0 fully saturated rings. The summed E-state index contributed by atoms with van der Waals surface area (Å²) < 4.78 is 40.6. The van der Waals surface area contributed by atoms with Crippen molar-refractivity contribution < 1.29 is 27.3 Å². The molecule has 180 valence electrons. The normalized spacial score (nSPS) is 12.6. The number of halogens is 1. The fourth-order valence-corrected chi connectivity index (χ4v) is 4.92. The lowest BCUT2D eigenvalue weighted by Gasteiger charge is -2.23. The van der Waals surface area contributed by atoms with E-state index in [1.54, 1.807) is 48.5 Å². The summed E-state index contributed by atoms with van der Waals surface area (Å²) in [6.07, 6.45) is 0. The molecule has 4 N–H and O–H groups in total. The van der Waals surface area contributed by atoms with Crippen LogP contribution in [-0.4, -0.2) is 24.5 Å². The van der Waals surface area contributed by atoms with Gasteiger partial charge in [-0.2, -0.15) is 8.42 Å². The van der Waals surface area contributed by atoms with E-state index >= 15 is 0 Å². The summed E-state index contributed by atoms with van der Waals surface area (Å²) in [4.78, 5) is 26.0. The molecule has 0 aliphatic heterocycles. The summed E-state index contributed by atoms with van der Waals surface area (Å²) in [6.45, 7) is 0. The molecule has 0 saturated heterocycles. The SMILES string of the molecule is Nc1c(S(=O)(=O)O)cc(Nc2ccc(Oc3ccc(Br)cc3)cc2)c2c1C(=O)c1ccccc1C2=O. The topological polar surface area (TPSA) is 136 Å². The Kier molecular flexibility index (Phi) is 5.87. The zero-order valence-corrected chi connectivity index (χ0v) is 20.8. The van der Waals surface area contributed by atoms with Crippen LogP contribution in [0.1, 0.15) is 31.8 Å². The van der Waals surface area contributed by atoms with Crippen molar-refractivity contribution in [3.05, 3.63) is 106 Å². The smallest absolute Gasteiger partial charge is 0.296 e. The van der Waals surface area contributed by atoms with Crippen LogP contribution in [0.15, 0.2) is 88.2 Å². The number of anilines is 3. The molecule has 0 aromatic heterocycles. The molecule has 36 heavy (non-hydrogen) atoms. The van der Waals surface area contributed by atoms with Crippen molar-refractivity contribution in [2.75, 3.05) is 11.1 Å². The third kappa shape index (κ3) is 4.26. The van der Waals surface area contributed by atoms with Gasteiger partial charge in [-0.3, -0.25) is 14.1 Å². The minimum atomic E-state index is -4.80. The van der Waals surface area contributed by atoms with Crippen molar-refractivity contribution in [3.8, 4) is 11.5 Å². The molecule has 10 heteroatoms. The number of nitrogens with two attached hydrogens (primary N) is 1. The minimum absolute atomic E-state index is 0.0151. The maximum atomic E-state index is 13.4. The van der Waals surface area contributed by atoms with E-state index in [-0.39, 0.29) is 27.9 Å². The first kappa shape index (κ1) is 23.7. The van der Waals surface area contributed by atoms with Gasteiger partial charge in [0, 0.05) is 21.3 Å². The van der Waals surface area contributed by atoms with Gasteiger partial charge >= 0.3 is 0 Å². The maximum absolute atomic E-state index is 13.4. The largest absolute Gasteiger partial charge is 0.457 e. The number of hydrogen-bond acceptors (Lipinski definition) is 7.